The standard InChI is InChI=1S/C12H13FN2O/c1-2-10-4-5-11(16-10)8-14-9-3-6-12(13)15-7-9/h3-7,14H,2,8H2,1H3. The molecule has 2 rings (SSSR count). The van der Waals surface area contributed by atoms with Crippen LogP contribution in [0.5, 0.6) is 0 Å². The molecule has 0 radical (unpaired) electrons. The van der Waals surface area contributed by atoms with E-state index in [2.05, 4.69) is 10.3 Å². The van der Waals surface area contributed by atoms with Crippen molar-refractivity contribution in [3.63, 3.8) is 0 Å². The maximum Gasteiger partial charge on any atom is 0.212 e. The van der Waals surface area contributed by atoms with Gasteiger partial charge in [0.15, 0.2) is 0 Å². The second-order valence-electron chi connectivity index (χ2n) is 3.44. The van der Waals surface area contributed by atoms with Gasteiger partial charge in [0.05, 0.1) is 18.4 Å². The molecule has 2 heterocycles. The van der Waals surface area contributed by atoms with Crippen LogP contribution in [0.15, 0.2) is 34.9 Å². The van der Waals surface area contributed by atoms with E-state index in [4.69, 9.17) is 4.42 Å². The zero-order valence-electron chi connectivity index (χ0n) is 9.03. The molecule has 1 N–H and O–H groups in total. The number of nitrogens with zero attached hydrogens (tertiary/aromatic N) is 1. The summed E-state index contributed by atoms with van der Waals surface area (Å²) in [4.78, 5) is 3.55. The Hall–Kier alpha value is -1.84. The third-order valence-electron chi connectivity index (χ3n) is 2.26. The number of furan rings is 1. The first kappa shape index (κ1) is 10.7. The van der Waals surface area contributed by atoms with Crippen LogP contribution in [0.1, 0.15) is 18.4 Å². The highest BCUT2D eigenvalue weighted by molar-refractivity contribution is 5.40. The Bertz CT molecular complexity index is 450. The lowest BCUT2D eigenvalue weighted by Crippen LogP contribution is -1.98. The molecule has 4 heteroatoms. The number of hydrogen-bond acceptors (Lipinski definition) is 3. The summed E-state index contributed by atoms with van der Waals surface area (Å²) in [7, 11) is 0. The van der Waals surface area contributed by atoms with E-state index in [0.29, 0.717) is 6.54 Å². The van der Waals surface area contributed by atoms with Crippen molar-refractivity contribution >= 4 is 5.69 Å². The molecule has 0 aliphatic rings. The van der Waals surface area contributed by atoms with Crippen molar-refractivity contribution < 1.29 is 8.81 Å². The Morgan fingerprint density at radius 3 is 2.69 bits per heavy atom. The fraction of sp³-hybridized carbons (Fsp3) is 0.250. The molecule has 2 aromatic rings. The molecule has 0 saturated heterocycles. The van der Waals surface area contributed by atoms with Crippen LogP contribution in [0.4, 0.5) is 10.1 Å². The molecular weight excluding hydrogens is 207 g/mol. The SMILES string of the molecule is CCc1ccc(CNc2ccc(F)nc2)o1. The lowest BCUT2D eigenvalue weighted by molar-refractivity contribution is 0.476. The molecule has 0 spiro atoms. The van der Waals surface area contributed by atoms with Gasteiger partial charge in [-0.1, -0.05) is 6.92 Å². The molecule has 0 fully saturated rings. The fourth-order valence-electron chi connectivity index (χ4n) is 1.38. The number of aryl methyl sites for hydroxylation is 1. The van der Waals surface area contributed by atoms with E-state index >= 15 is 0 Å². The van der Waals surface area contributed by atoms with Gasteiger partial charge in [-0.2, -0.15) is 4.39 Å². The van der Waals surface area contributed by atoms with Crippen LogP contribution >= 0.6 is 0 Å². The molecule has 3 nitrogen and oxygen atoms in total. The number of rotatable bonds is 4. The van der Waals surface area contributed by atoms with E-state index in [1.807, 2.05) is 19.1 Å². The summed E-state index contributed by atoms with van der Waals surface area (Å²) in [5.41, 5.74) is 0.774. The van der Waals surface area contributed by atoms with E-state index in [1.165, 1.54) is 12.3 Å². The van der Waals surface area contributed by atoms with Crippen molar-refractivity contribution in [2.24, 2.45) is 0 Å². The topological polar surface area (TPSA) is 38.1 Å². The van der Waals surface area contributed by atoms with Gasteiger partial charge >= 0.3 is 0 Å². The normalized spacial score (nSPS) is 10.4. The predicted molar refractivity (Wildman–Crippen MR) is 59.6 cm³/mol. The van der Waals surface area contributed by atoms with Gasteiger partial charge in [0.2, 0.25) is 5.95 Å². The quantitative estimate of drug-likeness (QED) is 0.805. The van der Waals surface area contributed by atoms with E-state index in [1.54, 1.807) is 6.07 Å². The summed E-state index contributed by atoms with van der Waals surface area (Å²) in [6, 6.07) is 6.86. The van der Waals surface area contributed by atoms with Crippen molar-refractivity contribution in [2.45, 2.75) is 19.9 Å². The lowest BCUT2D eigenvalue weighted by Gasteiger charge is -2.03. The zero-order chi connectivity index (χ0) is 11.4. The summed E-state index contributed by atoms with van der Waals surface area (Å²) in [6.07, 6.45) is 2.34. The Morgan fingerprint density at radius 2 is 2.06 bits per heavy atom. The average Bonchev–Trinajstić information content (AvgIpc) is 2.76. The van der Waals surface area contributed by atoms with Crippen molar-refractivity contribution in [1.29, 1.82) is 0 Å². The lowest BCUT2D eigenvalue weighted by atomic mass is 10.3. The largest absolute Gasteiger partial charge is 0.464 e. The second kappa shape index (κ2) is 4.79. The summed E-state index contributed by atoms with van der Waals surface area (Å²) < 4.78 is 18.1. The van der Waals surface area contributed by atoms with Crippen LogP contribution in [-0.2, 0) is 13.0 Å². The number of anilines is 1. The van der Waals surface area contributed by atoms with Gasteiger partial charge in [0, 0.05) is 6.42 Å². The van der Waals surface area contributed by atoms with E-state index in [0.717, 1.165) is 23.6 Å². The number of halogens is 1. The third kappa shape index (κ3) is 2.59. The van der Waals surface area contributed by atoms with Crippen molar-refractivity contribution in [3.8, 4) is 0 Å². The van der Waals surface area contributed by atoms with Gasteiger partial charge in [-0.3, -0.25) is 0 Å². The Morgan fingerprint density at radius 1 is 1.25 bits per heavy atom. The summed E-state index contributed by atoms with van der Waals surface area (Å²) in [6.45, 7) is 2.62. The maximum atomic E-state index is 12.5. The number of pyridine rings is 1. The zero-order valence-corrected chi connectivity index (χ0v) is 9.03. The highest BCUT2D eigenvalue weighted by Crippen LogP contribution is 2.11. The van der Waals surface area contributed by atoms with Gasteiger partial charge in [-0.25, -0.2) is 4.98 Å². The van der Waals surface area contributed by atoms with Gasteiger partial charge in [-0.15, -0.1) is 0 Å². The minimum Gasteiger partial charge on any atom is -0.464 e. The van der Waals surface area contributed by atoms with Crippen LogP contribution in [-0.4, -0.2) is 4.98 Å². The highest BCUT2D eigenvalue weighted by atomic mass is 19.1. The second-order valence-corrected chi connectivity index (χ2v) is 3.44. The summed E-state index contributed by atoms with van der Waals surface area (Å²) >= 11 is 0. The fourth-order valence-corrected chi connectivity index (χ4v) is 1.38. The van der Waals surface area contributed by atoms with Gasteiger partial charge in [-0.05, 0) is 24.3 Å². The van der Waals surface area contributed by atoms with Gasteiger partial charge < -0.3 is 9.73 Å². The first-order chi connectivity index (χ1) is 7.78. The molecular formula is C12H13FN2O. The van der Waals surface area contributed by atoms with Crippen LogP contribution in [0.2, 0.25) is 0 Å². The molecule has 0 atom stereocenters. The van der Waals surface area contributed by atoms with Crippen LogP contribution in [0.25, 0.3) is 0 Å². The van der Waals surface area contributed by atoms with Gasteiger partial charge in [0.1, 0.15) is 11.5 Å². The van der Waals surface area contributed by atoms with E-state index in [-0.39, 0.29) is 0 Å². The first-order valence-corrected chi connectivity index (χ1v) is 5.21. The molecule has 0 bridgehead atoms. The monoisotopic (exact) mass is 220 g/mol. The van der Waals surface area contributed by atoms with Crippen LogP contribution < -0.4 is 5.32 Å². The van der Waals surface area contributed by atoms with Crippen molar-refractivity contribution in [2.75, 3.05) is 5.32 Å². The molecule has 0 saturated carbocycles. The number of nitrogens with one attached hydrogen (secondary N) is 1. The molecule has 0 aliphatic heterocycles. The van der Waals surface area contributed by atoms with E-state index in [9.17, 15) is 4.39 Å². The van der Waals surface area contributed by atoms with Crippen LogP contribution in [0.3, 0.4) is 0 Å². The number of hydrogen-bond donors (Lipinski definition) is 1. The minimum atomic E-state index is -0.475. The van der Waals surface area contributed by atoms with Crippen molar-refractivity contribution in [3.05, 3.63) is 47.9 Å². The van der Waals surface area contributed by atoms with Crippen molar-refractivity contribution in [1.82, 2.24) is 4.98 Å². The molecule has 0 aromatic carbocycles. The van der Waals surface area contributed by atoms with Crippen LogP contribution in [0, 0.1) is 5.95 Å². The third-order valence-corrected chi connectivity index (χ3v) is 2.26. The average molecular weight is 220 g/mol. The molecule has 0 aliphatic carbocycles. The molecule has 2 aromatic heterocycles. The Balaban J connectivity index is 1.94. The smallest absolute Gasteiger partial charge is 0.212 e. The van der Waals surface area contributed by atoms with E-state index < -0.39 is 5.95 Å². The Labute approximate surface area is 93.3 Å². The summed E-state index contributed by atoms with van der Waals surface area (Å²) in [5.74, 6) is 1.35. The number of aromatic nitrogens is 1. The minimum absolute atomic E-state index is 0.475. The maximum absolute atomic E-state index is 12.5. The molecule has 84 valence electrons. The Kier molecular flexibility index (Phi) is 3.19. The first-order valence-electron chi connectivity index (χ1n) is 5.21. The predicted octanol–water partition coefficient (Wildman–Crippen LogP) is 2.99. The molecule has 16 heavy (non-hydrogen) atoms. The van der Waals surface area contributed by atoms with Gasteiger partial charge in [0.25, 0.3) is 0 Å². The molecule has 0 amide bonds. The highest BCUT2D eigenvalue weighted by Gasteiger charge is 2.00. The summed E-state index contributed by atoms with van der Waals surface area (Å²) in [5, 5.41) is 3.10. The molecule has 0 unspecified atom stereocenters.